The highest BCUT2D eigenvalue weighted by Crippen LogP contribution is 2.44. The Morgan fingerprint density at radius 2 is 1.94 bits per heavy atom. The van der Waals surface area contributed by atoms with Crippen LogP contribution in [0.1, 0.15) is 37.0 Å². The van der Waals surface area contributed by atoms with Crippen molar-refractivity contribution in [2.45, 2.75) is 38.6 Å². The Balaban J connectivity index is 1.53. The number of thiophene rings is 1. The minimum atomic E-state index is 0.729. The van der Waals surface area contributed by atoms with Gasteiger partial charge in [0.2, 0.25) is 0 Å². The van der Waals surface area contributed by atoms with Gasteiger partial charge in [-0.2, -0.15) is 0 Å². The molecule has 1 aromatic rings. The van der Waals surface area contributed by atoms with Crippen molar-refractivity contribution in [3.8, 4) is 0 Å². The molecule has 0 radical (unpaired) electrons. The Kier molecular flexibility index (Phi) is 3.11. The second kappa shape index (κ2) is 4.43. The molecule has 1 aromatic heterocycles. The molecule has 3 rings (SSSR count). The third-order valence-corrected chi connectivity index (χ3v) is 5.65. The number of halogens is 1. The zero-order chi connectivity index (χ0) is 11.0. The number of hydrogen-bond donors (Lipinski definition) is 0. The van der Waals surface area contributed by atoms with Crippen LogP contribution < -0.4 is 0 Å². The summed E-state index contributed by atoms with van der Waals surface area (Å²) in [5.74, 6) is 0. The first-order chi connectivity index (χ1) is 7.76. The van der Waals surface area contributed by atoms with Gasteiger partial charge < -0.3 is 0 Å². The van der Waals surface area contributed by atoms with E-state index in [0.717, 1.165) is 12.0 Å². The van der Waals surface area contributed by atoms with Crippen molar-refractivity contribution in [2.24, 2.45) is 5.41 Å². The van der Waals surface area contributed by atoms with Gasteiger partial charge in [0.25, 0.3) is 0 Å². The summed E-state index contributed by atoms with van der Waals surface area (Å²) in [6.07, 6.45) is 7.38. The van der Waals surface area contributed by atoms with Crippen LogP contribution in [0.25, 0.3) is 0 Å². The minimum Gasteiger partial charge on any atom is -0.297 e. The smallest absolute Gasteiger partial charge is 0.0701 e. The Bertz CT molecular complexity index is 360. The molecule has 0 atom stereocenters. The average molecular weight is 300 g/mol. The first-order valence-electron chi connectivity index (χ1n) is 6.22. The summed E-state index contributed by atoms with van der Waals surface area (Å²) >= 11 is 5.41. The minimum absolute atomic E-state index is 0.729. The lowest BCUT2D eigenvalue weighted by Crippen LogP contribution is -2.56. The van der Waals surface area contributed by atoms with Gasteiger partial charge in [-0.25, -0.2) is 0 Å². The summed E-state index contributed by atoms with van der Waals surface area (Å²) in [6, 6.07) is 4.41. The third-order valence-electron chi connectivity index (χ3n) is 4.04. The van der Waals surface area contributed by atoms with E-state index in [2.05, 4.69) is 33.0 Å². The molecule has 0 amide bonds. The standard InChI is InChI=1S/C13H18BrNS/c14-12-5-4-11(16-12)8-15-9-13(10-15)6-2-1-3-7-13/h4-5H,1-3,6-10H2. The van der Waals surface area contributed by atoms with Crippen LogP contribution in [0.15, 0.2) is 15.9 Å². The van der Waals surface area contributed by atoms with Crippen LogP contribution >= 0.6 is 27.3 Å². The van der Waals surface area contributed by atoms with Gasteiger partial charge in [-0.3, -0.25) is 4.90 Å². The van der Waals surface area contributed by atoms with E-state index >= 15 is 0 Å². The van der Waals surface area contributed by atoms with E-state index in [1.807, 2.05) is 11.3 Å². The number of nitrogens with zero attached hydrogens (tertiary/aromatic N) is 1. The third kappa shape index (κ3) is 2.22. The van der Waals surface area contributed by atoms with Gasteiger partial charge in [0, 0.05) is 24.5 Å². The van der Waals surface area contributed by atoms with Crippen LogP contribution in [0.3, 0.4) is 0 Å². The topological polar surface area (TPSA) is 3.24 Å². The van der Waals surface area contributed by atoms with Gasteiger partial charge >= 0.3 is 0 Å². The van der Waals surface area contributed by atoms with E-state index in [4.69, 9.17) is 0 Å². The van der Waals surface area contributed by atoms with Gasteiger partial charge in [0.05, 0.1) is 3.79 Å². The van der Waals surface area contributed by atoms with E-state index in [1.165, 1.54) is 53.9 Å². The highest BCUT2D eigenvalue weighted by Gasteiger charge is 2.42. The van der Waals surface area contributed by atoms with Crippen LogP contribution in [0.5, 0.6) is 0 Å². The Hall–Kier alpha value is 0.140. The van der Waals surface area contributed by atoms with Crippen molar-refractivity contribution in [2.75, 3.05) is 13.1 Å². The van der Waals surface area contributed by atoms with Gasteiger partial charge in [0.15, 0.2) is 0 Å². The Morgan fingerprint density at radius 1 is 1.19 bits per heavy atom. The summed E-state index contributed by atoms with van der Waals surface area (Å²) in [5, 5.41) is 0. The Morgan fingerprint density at radius 3 is 2.56 bits per heavy atom. The normalized spacial score (nSPS) is 24.6. The maximum atomic E-state index is 3.53. The molecule has 1 aliphatic carbocycles. The average Bonchev–Trinajstić information content (AvgIpc) is 2.63. The van der Waals surface area contributed by atoms with E-state index < -0.39 is 0 Å². The number of likely N-dealkylation sites (tertiary alicyclic amines) is 1. The molecule has 0 bridgehead atoms. The summed E-state index contributed by atoms with van der Waals surface area (Å²) in [5.41, 5.74) is 0.729. The van der Waals surface area contributed by atoms with Crippen molar-refractivity contribution in [3.63, 3.8) is 0 Å². The summed E-state index contributed by atoms with van der Waals surface area (Å²) < 4.78 is 1.26. The zero-order valence-corrected chi connectivity index (χ0v) is 11.9. The molecule has 2 heterocycles. The zero-order valence-electron chi connectivity index (χ0n) is 9.54. The van der Waals surface area contributed by atoms with Crippen molar-refractivity contribution >= 4 is 27.3 Å². The highest BCUT2D eigenvalue weighted by molar-refractivity contribution is 9.11. The molecule has 88 valence electrons. The van der Waals surface area contributed by atoms with Crippen molar-refractivity contribution in [3.05, 3.63) is 20.8 Å². The SMILES string of the molecule is Brc1ccc(CN2CC3(CCCCC3)C2)s1. The van der Waals surface area contributed by atoms with Crippen LogP contribution in [0.2, 0.25) is 0 Å². The van der Waals surface area contributed by atoms with Gasteiger partial charge in [-0.05, 0) is 46.3 Å². The van der Waals surface area contributed by atoms with Crippen LogP contribution in [-0.4, -0.2) is 18.0 Å². The van der Waals surface area contributed by atoms with Crippen LogP contribution in [-0.2, 0) is 6.54 Å². The molecule has 1 saturated carbocycles. The molecule has 0 unspecified atom stereocenters. The van der Waals surface area contributed by atoms with Gasteiger partial charge in [0.1, 0.15) is 0 Å². The van der Waals surface area contributed by atoms with Crippen molar-refractivity contribution in [1.82, 2.24) is 4.90 Å². The molecule has 0 aromatic carbocycles. The quantitative estimate of drug-likeness (QED) is 0.788. The van der Waals surface area contributed by atoms with E-state index in [0.29, 0.717) is 0 Å². The molecule has 1 nitrogen and oxygen atoms in total. The fourth-order valence-corrected chi connectivity index (χ4v) is 4.81. The lowest BCUT2D eigenvalue weighted by Gasteiger charge is -2.52. The second-order valence-corrected chi connectivity index (χ2v) is 7.96. The molecule has 3 heteroatoms. The molecule has 1 aliphatic heterocycles. The van der Waals surface area contributed by atoms with E-state index in [9.17, 15) is 0 Å². The lowest BCUT2D eigenvalue weighted by molar-refractivity contribution is -0.0326. The molecule has 1 spiro atoms. The Labute approximate surface area is 110 Å². The molecular weight excluding hydrogens is 282 g/mol. The number of hydrogen-bond acceptors (Lipinski definition) is 2. The maximum absolute atomic E-state index is 3.53. The predicted octanol–water partition coefficient (Wildman–Crippen LogP) is 4.28. The van der Waals surface area contributed by atoms with Gasteiger partial charge in [-0.15, -0.1) is 11.3 Å². The van der Waals surface area contributed by atoms with Gasteiger partial charge in [-0.1, -0.05) is 19.3 Å². The molecule has 1 saturated heterocycles. The van der Waals surface area contributed by atoms with Crippen molar-refractivity contribution < 1.29 is 0 Å². The molecular formula is C13H18BrNS. The van der Waals surface area contributed by atoms with Crippen LogP contribution in [0.4, 0.5) is 0 Å². The molecule has 16 heavy (non-hydrogen) atoms. The predicted molar refractivity (Wildman–Crippen MR) is 72.8 cm³/mol. The number of rotatable bonds is 2. The molecule has 0 N–H and O–H groups in total. The summed E-state index contributed by atoms with van der Waals surface area (Å²) in [4.78, 5) is 4.11. The highest BCUT2D eigenvalue weighted by atomic mass is 79.9. The van der Waals surface area contributed by atoms with E-state index in [1.54, 1.807) is 0 Å². The second-order valence-electron chi connectivity index (χ2n) is 5.41. The molecule has 2 aliphatic rings. The molecule has 2 fully saturated rings. The maximum Gasteiger partial charge on any atom is 0.0701 e. The summed E-state index contributed by atoms with van der Waals surface area (Å²) in [6.45, 7) is 3.86. The summed E-state index contributed by atoms with van der Waals surface area (Å²) in [7, 11) is 0. The van der Waals surface area contributed by atoms with Crippen LogP contribution in [0, 0.1) is 5.41 Å². The fraction of sp³-hybridized carbons (Fsp3) is 0.692. The monoisotopic (exact) mass is 299 g/mol. The fourth-order valence-electron chi connectivity index (χ4n) is 3.29. The first-order valence-corrected chi connectivity index (χ1v) is 7.83. The van der Waals surface area contributed by atoms with E-state index in [-0.39, 0.29) is 0 Å². The lowest BCUT2D eigenvalue weighted by atomic mass is 9.69. The first kappa shape index (κ1) is 11.2. The largest absolute Gasteiger partial charge is 0.297 e. The van der Waals surface area contributed by atoms with Crippen molar-refractivity contribution in [1.29, 1.82) is 0 Å².